The van der Waals surface area contributed by atoms with Crippen molar-refractivity contribution in [1.82, 2.24) is 4.90 Å². The van der Waals surface area contributed by atoms with Gasteiger partial charge in [0.2, 0.25) is 15.9 Å². The number of anilines is 1. The van der Waals surface area contributed by atoms with Gasteiger partial charge in [0.25, 0.3) is 0 Å². The first-order valence-electron chi connectivity index (χ1n) is 10.1. The average Bonchev–Trinajstić information content (AvgIpc) is 2.67. The summed E-state index contributed by atoms with van der Waals surface area (Å²) in [6.07, 6.45) is 4.09. The average molecular weight is 415 g/mol. The number of rotatable bonds is 6. The molecule has 2 aromatic carbocycles. The van der Waals surface area contributed by atoms with Crippen LogP contribution in [0.1, 0.15) is 29.5 Å². The number of nitrogens with zero attached hydrogens (tertiary/aromatic N) is 2. The van der Waals surface area contributed by atoms with Gasteiger partial charge in [-0.25, -0.2) is 8.42 Å². The quantitative estimate of drug-likeness (QED) is 0.726. The van der Waals surface area contributed by atoms with Crippen LogP contribution in [0.5, 0.6) is 0 Å². The second-order valence-electron chi connectivity index (χ2n) is 8.02. The van der Waals surface area contributed by atoms with E-state index in [1.165, 1.54) is 9.87 Å². The molecule has 0 bridgehead atoms. The molecule has 1 aliphatic rings. The van der Waals surface area contributed by atoms with Crippen molar-refractivity contribution in [2.24, 2.45) is 5.92 Å². The highest BCUT2D eigenvalue weighted by Gasteiger charge is 2.28. The highest BCUT2D eigenvalue weighted by molar-refractivity contribution is 7.92. The number of carbonyl (C=O) groups is 1. The van der Waals surface area contributed by atoms with Crippen molar-refractivity contribution in [2.75, 3.05) is 30.2 Å². The molecule has 2 aromatic rings. The number of carbonyl (C=O) groups excluding carboxylic acids is 1. The number of likely N-dealkylation sites (tertiary alicyclic amines) is 1. The third-order valence-electron chi connectivity index (χ3n) is 5.70. The standard InChI is InChI=1S/C23H30N2O3S/c1-18-8-7-9-19(2)23(18)25(29(3,27)28)17-22(26)24-14-12-21(13-15-24)16-20-10-5-4-6-11-20/h4-11,21H,12-17H2,1-3H3. The molecular weight excluding hydrogens is 384 g/mol. The summed E-state index contributed by atoms with van der Waals surface area (Å²) in [7, 11) is -3.56. The van der Waals surface area contributed by atoms with Gasteiger partial charge in [0.05, 0.1) is 11.9 Å². The molecule has 0 N–H and O–H groups in total. The molecular formula is C23H30N2O3S. The molecule has 29 heavy (non-hydrogen) atoms. The summed E-state index contributed by atoms with van der Waals surface area (Å²) in [5.74, 6) is 0.433. The van der Waals surface area contributed by atoms with Crippen LogP contribution >= 0.6 is 0 Å². The lowest BCUT2D eigenvalue weighted by Gasteiger charge is -2.34. The Hall–Kier alpha value is -2.34. The fourth-order valence-corrected chi connectivity index (χ4v) is 5.08. The lowest BCUT2D eigenvalue weighted by molar-refractivity contribution is -0.130. The Morgan fingerprint density at radius 3 is 2.14 bits per heavy atom. The zero-order chi connectivity index (χ0) is 21.0. The molecule has 1 fully saturated rings. The Balaban J connectivity index is 1.65. The van der Waals surface area contributed by atoms with Gasteiger partial charge in [-0.1, -0.05) is 48.5 Å². The van der Waals surface area contributed by atoms with E-state index in [1.807, 2.05) is 43.0 Å². The highest BCUT2D eigenvalue weighted by Crippen LogP contribution is 2.27. The molecule has 1 aliphatic heterocycles. The molecule has 5 nitrogen and oxygen atoms in total. The molecule has 1 heterocycles. The Morgan fingerprint density at radius 1 is 1.00 bits per heavy atom. The summed E-state index contributed by atoms with van der Waals surface area (Å²) >= 11 is 0. The second-order valence-corrected chi connectivity index (χ2v) is 9.93. The molecule has 0 atom stereocenters. The summed E-state index contributed by atoms with van der Waals surface area (Å²) in [4.78, 5) is 14.7. The summed E-state index contributed by atoms with van der Waals surface area (Å²) in [6.45, 7) is 4.97. The van der Waals surface area contributed by atoms with E-state index in [4.69, 9.17) is 0 Å². The van der Waals surface area contributed by atoms with Gasteiger partial charge in [0.15, 0.2) is 0 Å². The van der Waals surface area contributed by atoms with Crippen LogP contribution in [0, 0.1) is 19.8 Å². The smallest absolute Gasteiger partial charge is 0.243 e. The van der Waals surface area contributed by atoms with Gasteiger partial charge in [0, 0.05) is 13.1 Å². The van der Waals surface area contributed by atoms with Crippen LogP contribution in [0.4, 0.5) is 5.69 Å². The van der Waals surface area contributed by atoms with E-state index >= 15 is 0 Å². The Kier molecular flexibility index (Phi) is 6.63. The molecule has 6 heteroatoms. The van der Waals surface area contributed by atoms with Crippen molar-refractivity contribution in [1.29, 1.82) is 0 Å². The molecule has 1 saturated heterocycles. The number of sulfonamides is 1. The van der Waals surface area contributed by atoms with Crippen molar-refractivity contribution < 1.29 is 13.2 Å². The lowest BCUT2D eigenvalue weighted by Crippen LogP contribution is -2.46. The predicted molar refractivity (Wildman–Crippen MR) is 118 cm³/mol. The number of amides is 1. The largest absolute Gasteiger partial charge is 0.341 e. The molecule has 0 aromatic heterocycles. The van der Waals surface area contributed by atoms with E-state index in [1.54, 1.807) is 0 Å². The minimum atomic E-state index is -3.56. The van der Waals surface area contributed by atoms with Gasteiger partial charge in [-0.15, -0.1) is 0 Å². The predicted octanol–water partition coefficient (Wildman–Crippen LogP) is 3.55. The molecule has 0 aliphatic carbocycles. The number of hydrogen-bond acceptors (Lipinski definition) is 3. The number of aryl methyl sites for hydroxylation is 2. The zero-order valence-electron chi connectivity index (χ0n) is 17.5. The Bertz CT molecular complexity index is 929. The van der Waals surface area contributed by atoms with Gasteiger partial charge in [0.1, 0.15) is 6.54 Å². The van der Waals surface area contributed by atoms with Gasteiger partial charge in [-0.05, 0) is 55.7 Å². The number of piperidine rings is 1. The fourth-order valence-electron chi connectivity index (χ4n) is 4.12. The molecule has 0 radical (unpaired) electrons. The van der Waals surface area contributed by atoms with Crippen LogP contribution < -0.4 is 4.31 Å². The normalized spacial score (nSPS) is 15.3. The maximum atomic E-state index is 12.9. The first-order chi connectivity index (χ1) is 13.8. The van der Waals surface area contributed by atoms with E-state index in [0.717, 1.165) is 36.6 Å². The first kappa shape index (κ1) is 21.4. The van der Waals surface area contributed by atoms with Crippen molar-refractivity contribution in [3.8, 4) is 0 Å². The molecule has 0 spiro atoms. The van der Waals surface area contributed by atoms with Crippen molar-refractivity contribution in [3.63, 3.8) is 0 Å². The third kappa shape index (κ3) is 5.38. The van der Waals surface area contributed by atoms with E-state index in [9.17, 15) is 13.2 Å². The maximum Gasteiger partial charge on any atom is 0.243 e. The van der Waals surface area contributed by atoms with Crippen molar-refractivity contribution in [3.05, 3.63) is 65.2 Å². The Labute approximate surface area is 174 Å². The van der Waals surface area contributed by atoms with Crippen LogP contribution in [0.15, 0.2) is 48.5 Å². The first-order valence-corrected chi connectivity index (χ1v) is 12.0. The minimum absolute atomic E-state index is 0.128. The molecule has 3 rings (SSSR count). The van der Waals surface area contributed by atoms with Crippen LogP contribution in [-0.4, -0.2) is 45.1 Å². The summed E-state index contributed by atoms with van der Waals surface area (Å²) in [5, 5.41) is 0. The summed E-state index contributed by atoms with van der Waals surface area (Å²) < 4.78 is 26.2. The SMILES string of the molecule is Cc1cccc(C)c1N(CC(=O)N1CCC(Cc2ccccc2)CC1)S(C)(=O)=O. The number of para-hydroxylation sites is 1. The molecule has 1 amide bonds. The van der Waals surface area contributed by atoms with Crippen molar-refractivity contribution >= 4 is 21.6 Å². The van der Waals surface area contributed by atoms with Gasteiger partial charge in [-0.3, -0.25) is 9.10 Å². The Morgan fingerprint density at radius 2 is 1.59 bits per heavy atom. The topological polar surface area (TPSA) is 57.7 Å². The lowest BCUT2D eigenvalue weighted by atomic mass is 9.90. The van der Waals surface area contributed by atoms with Gasteiger partial charge >= 0.3 is 0 Å². The monoisotopic (exact) mass is 414 g/mol. The molecule has 0 saturated carbocycles. The van der Waals surface area contributed by atoms with Crippen LogP contribution in [0.2, 0.25) is 0 Å². The third-order valence-corrected chi connectivity index (χ3v) is 6.81. The van der Waals surface area contributed by atoms with E-state index in [-0.39, 0.29) is 12.5 Å². The minimum Gasteiger partial charge on any atom is -0.341 e. The van der Waals surface area contributed by atoms with Crippen molar-refractivity contribution in [2.45, 2.75) is 33.1 Å². The number of benzene rings is 2. The second kappa shape index (κ2) is 8.99. The zero-order valence-corrected chi connectivity index (χ0v) is 18.3. The summed E-state index contributed by atoms with van der Waals surface area (Å²) in [5.41, 5.74) is 3.65. The van der Waals surface area contributed by atoms with Crippen LogP contribution in [0.3, 0.4) is 0 Å². The van der Waals surface area contributed by atoms with Crippen LogP contribution in [0.25, 0.3) is 0 Å². The number of hydrogen-bond donors (Lipinski definition) is 0. The highest BCUT2D eigenvalue weighted by atomic mass is 32.2. The van der Waals surface area contributed by atoms with Crippen LogP contribution in [-0.2, 0) is 21.2 Å². The molecule has 156 valence electrons. The molecule has 0 unspecified atom stereocenters. The van der Waals surface area contributed by atoms with E-state index in [0.29, 0.717) is 24.7 Å². The van der Waals surface area contributed by atoms with Gasteiger partial charge in [-0.2, -0.15) is 0 Å². The summed E-state index contributed by atoms with van der Waals surface area (Å²) in [6, 6.07) is 16.1. The van der Waals surface area contributed by atoms with E-state index in [2.05, 4.69) is 24.3 Å². The van der Waals surface area contributed by atoms with E-state index < -0.39 is 10.0 Å². The maximum absolute atomic E-state index is 12.9. The fraction of sp³-hybridized carbons (Fsp3) is 0.435. The van der Waals surface area contributed by atoms with Gasteiger partial charge < -0.3 is 4.90 Å².